The minimum Gasteiger partial charge on any atom is -0.451 e. The van der Waals surface area contributed by atoms with Gasteiger partial charge < -0.3 is 8.83 Å². The van der Waals surface area contributed by atoms with E-state index in [2.05, 4.69) is 9.97 Å². The summed E-state index contributed by atoms with van der Waals surface area (Å²) in [5.74, 6) is 1.19. The third kappa shape index (κ3) is 1.50. The smallest absolute Gasteiger partial charge is 0.249 e. The molecule has 0 aliphatic heterocycles. The second-order valence-corrected chi connectivity index (χ2v) is 3.27. The summed E-state index contributed by atoms with van der Waals surface area (Å²) < 4.78 is 10.5. The van der Waals surface area contributed by atoms with Crippen molar-refractivity contribution >= 4 is 0 Å². The minimum absolute atomic E-state index is 0.465. The molecule has 2 heterocycles. The number of benzene rings is 1. The van der Waals surface area contributed by atoms with Crippen molar-refractivity contribution in [3.05, 3.63) is 49.2 Å². The zero-order chi connectivity index (χ0) is 10.8. The van der Waals surface area contributed by atoms with Crippen LogP contribution in [0.15, 0.2) is 58.0 Å². The van der Waals surface area contributed by atoms with Gasteiger partial charge in [0.2, 0.25) is 5.89 Å². The van der Waals surface area contributed by atoms with Crippen LogP contribution >= 0.6 is 0 Å². The molecule has 0 radical (unpaired) electrons. The first-order valence-corrected chi connectivity index (χ1v) is 4.83. The summed E-state index contributed by atoms with van der Waals surface area (Å²) in [4.78, 5) is 8.12. The van der Waals surface area contributed by atoms with Crippen molar-refractivity contribution in [3.63, 3.8) is 0 Å². The van der Waals surface area contributed by atoms with Gasteiger partial charge in [0.1, 0.15) is 6.26 Å². The van der Waals surface area contributed by atoms with Gasteiger partial charge in [-0.25, -0.2) is 9.97 Å². The normalized spacial score (nSPS) is 10.5. The molecule has 0 amide bonds. The Hall–Kier alpha value is -2.36. The Labute approximate surface area is 91.6 Å². The molecule has 4 nitrogen and oxygen atoms in total. The van der Waals surface area contributed by atoms with E-state index in [4.69, 9.17) is 8.83 Å². The lowest BCUT2D eigenvalue weighted by Gasteiger charge is -1.93. The highest BCUT2D eigenvalue weighted by Gasteiger charge is 2.09. The van der Waals surface area contributed by atoms with E-state index in [1.807, 2.05) is 30.3 Å². The standard InChI is InChI=1S/C12H8N2O2/c1-2-4-9(5-3-1)11-6-13-12(16-11)10-7-15-8-14-10/h1-8H. The van der Waals surface area contributed by atoms with Gasteiger partial charge in [-0.05, 0) is 0 Å². The van der Waals surface area contributed by atoms with Gasteiger partial charge in [0.05, 0.1) is 6.20 Å². The fourth-order valence-electron chi connectivity index (χ4n) is 1.45. The summed E-state index contributed by atoms with van der Waals surface area (Å²) in [6.07, 6.45) is 4.53. The largest absolute Gasteiger partial charge is 0.451 e. The SMILES string of the molecule is c1ccc(-c2cnc(-c3cocn3)o2)cc1. The zero-order valence-corrected chi connectivity index (χ0v) is 8.33. The van der Waals surface area contributed by atoms with Gasteiger partial charge in [-0.2, -0.15) is 0 Å². The van der Waals surface area contributed by atoms with Crippen LogP contribution < -0.4 is 0 Å². The average molecular weight is 212 g/mol. The van der Waals surface area contributed by atoms with E-state index in [9.17, 15) is 0 Å². The number of nitrogens with zero attached hydrogens (tertiary/aromatic N) is 2. The highest BCUT2D eigenvalue weighted by atomic mass is 16.4. The summed E-state index contributed by atoms with van der Waals surface area (Å²) >= 11 is 0. The molecule has 0 atom stereocenters. The Morgan fingerprint density at radius 2 is 1.88 bits per heavy atom. The minimum atomic E-state index is 0.465. The third-order valence-electron chi connectivity index (χ3n) is 2.22. The van der Waals surface area contributed by atoms with Gasteiger partial charge in [0.25, 0.3) is 0 Å². The topological polar surface area (TPSA) is 52.1 Å². The molecule has 0 saturated carbocycles. The number of oxazole rings is 2. The van der Waals surface area contributed by atoms with Gasteiger partial charge in [-0.15, -0.1) is 0 Å². The lowest BCUT2D eigenvalue weighted by molar-refractivity contribution is 0.555. The van der Waals surface area contributed by atoms with Crippen LogP contribution in [-0.4, -0.2) is 9.97 Å². The number of hydrogen-bond donors (Lipinski definition) is 0. The average Bonchev–Trinajstić information content (AvgIpc) is 3.01. The summed E-state index contributed by atoms with van der Waals surface area (Å²) in [5.41, 5.74) is 1.59. The van der Waals surface area contributed by atoms with E-state index < -0.39 is 0 Å². The molecular weight excluding hydrogens is 204 g/mol. The molecule has 0 unspecified atom stereocenters. The molecule has 0 fully saturated rings. The molecule has 0 spiro atoms. The number of rotatable bonds is 2. The monoisotopic (exact) mass is 212 g/mol. The zero-order valence-electron chi connectivity index (χ0n) is 8.33. The molecule has 0 aliphatic rings. The van der Waals surface area contributed by atoms with E-state index in [1.54, 1.807) is 6.20 Å². The fraction of sp³-hybridized carbons (Fsp3) is 0. The molecule has 0 saturated heterocycles. The predicted octanol–water partition coefficient (Wildman–Crippen LogP) is 3.00. The van der Waals surface area contributed by atoms with E-state index in [1.165, 1.54) is 12.7 Å². The lowest BCUT2D eigenvalue weighted by Crippen LogP contribution is -1.73. The van der Waals surface area contributed by atoms with Gasteiger partial charge in [-0.3, -0.25) is 0 Å². The Morgan fingerprint density at radius 3 is 2.62 bits per heavy atom. The van der Waals surface area contributed by atoms with Gasteiger partial charge in [0.15, 0.2) is 17.8 Å². The first kappa shape index (κ1) is 8.91. The van der Waals surface area contributed by atoms with Crippen molar-refractivity contribution < 1.29 is 8.83 Å². The lowest BCUT2D eigenvalue weighted by atomic mass is 10.2. The Balaban J connectivity index is 2.00. The quantitative estimate of drug-likeness (QED) is 0.655. The first-order valence-electron chi connectivity index (χ1n) is 4.83. The van der Waals surface area contributed by atoms with Crippen LogP contribution in [0.2, 0.25) is 0 Å². The third-order valence-corrected chi connectivity index (χ3v) is 2.22. The second-order valence-electron chi connectivity index (χ2n) is 3.27. The highest BCUT2D eigenvalue weighted by molar-refractivity contribution is 5.58. The van der Waals surface area contributed by atoms with Crippen molar-refractivity contribution in [3.8, 4) is 22.9 Å². The van der Waals surface area contributed by atoms with Gasteiger partial charge in [0, 0.05) is 5.56 Å². The van der Waals surface area contributed by atoms with Crippen LogP contribution in [-0.2, 0) is 0 Å². The first-order chi connectivity index (χ1) is 7.93. The molecule has 2 aromatic heterocycles. The van der Waals surface area contributed by atoms with Crippen LogP contribution in [0.1, 0.15) is 0 Å². The molecule has 0 N–H and O–H groups in total. The molecule has 3 aromatic rings. The Morgan fingerprint density at radius 1 is 1.00 bits per heavy atom. The van der Waals surface area contributed by atoms with E-state index >= 15 is 0 Å². The molecule has 3 rings (SSSR count). The van der Waals surface area contributed by atoms with Crippen LogP contribution in [0.4, 0.5) is 0 Å². The van der Waals surface area contributed by atoms with Crippen molar-refractivity contribution in [2.24, 2.45) is 0 Å². The van der Waals surface area contributed by atoms with Crippen LogP contribution in [0.5, 0.6) is 0 Å². The molecule has 1 aromatic carbocycles. The maximum Gasteiger partial charge on any atom is 0.249 e. The number of hydrogen-bond acceptors (Lipinski definition) is 4. The maximum absolute atomic E-state index is 5.58. The van der Waals surface area contributed by atoms with E-state index in [0.29, 0.717) is 11.6 Å². The van der Waals surface area contributed by atoms with Crippen molar-refractivity contribution in [1.29, 1.82) is 0 Å². The summed E-state index contributed by atoms with van der Waals surface area (Å²) in [6.45, 7) is 0. The fourth-order valence-corrected chi connectivity index (χ4v) is 1.45. The van der Waals surface area contributed by atoms with Gasteiger partial charge in [-0.1, -0.05) is 30.3 Å². The highest BCUT2D eigenvalue weighted by Crippen LogP contribution is 2.24. The Bertz CT molecular complexity index is 570. The van der Waals surface area contributed by atoms with Crippen molar-refractivity contribution in [2.75, 3.05) is 0 Å². The van der Waals surface area contributed by atoms with E-state index in [0.717, 1.165) is 11.3 Å². The second kappa shape index (κ2) is 3.66. The molecule has 0 aliphatic carbocycles. The summed E-state index contributed by atoms with van der Waals surface area (Å²) in [7, 11) is 0. The molecule has 16 heavy (non-hydrogen) atoms. The van der Waals surface area contributed by atoms with E-state index in [-0.39, 0.29) is 0 Å². The van der Waals surface area contributed by atoms with Crippen molar-refractivity contribution in [2.45, 2.75) is 0 Å². The maximum atomic E-state index is 5.58. The van der Waals surface area contributed by atoms with Gasteiger partial charge >= 0.3 is 0 Å². The van der Waals surface area contributed by atoms with Crippen LogP contribution in [0.3, 0.4) is 0 Å². The van der Waals surface area contributed by atoms with Crippen molar-refractivity contribution in [1.82, 2.24) is 9.97 Å². The molecular formula is C12H8N2O2. The molecule has 0 bridgehead atoms. The van der Waals surface area contributed by atoms with Crippen LogP contribution in [0, 0.1) is 0 Å². The molecule has 4 heteroatoms. The Kier molecular flexibility index (Phi) is 2.04. The molecule has 78 valence electrons. The summed E-state index contributed by atoms with van der Waals surface area (Å²) in [6, 6.07) is 9.79. The predicted molar refractivity (Wildman–Crippen MR) is 57.4 cm³/mol. The van der Waals surface area contributed by atoms with Crippen LogP contribution in [0.25, 0.3) is 22.9 Å². The number of aromatic nitrogens is 2. The summed E-state index contributed by atoms with van der Waals surface area (Å²) in [5, 5.41) is 0.